The maximum atomic E-state index is 13.0. The number of aromatic nitrogens is 4. The predicted octanol–water partition coefficient (Wildman–Crippen LogP) is 3.71. The normalized spacial score (nSPS) is 16.0. The SMILES string of the molecule is Cc1nc2nc(C(F)(F)F)nn2c(C)c1CCC(=O)NCC(c1cccs1)N1CCCC1. The van der Waals surface area contributed by atoms with Crippen molar-refractivity contribution in [1.29, 1.82) is 0 Å². The molecule has 1 N–H and O–H groups in total. The van der Waals surface area contributed by atoms with Crippen LogP contribution in [0.3, 0.4) is 0 Å². The van der Waals surface area contributed by atoms with E-state index < -0.39 is 12.0 Å². The Hall–Kier alpha value is -2.53. The monoisotopic (exact) mass is 466 g/mol. The van der Waals surface area contributed by atoms with E-state index in [-0.39, 0.29) is 24.1 Å². The second-order valence-electron chi connectivity index (χ2n) is 7.98. The zero-order valence-electron chi connectivity index (χ0n) is 17.9. The molecular formula is C21H25F3N6OS. The van der Waals surface area contributed by atoms with Crippen LogP contribution in [0.5, 0.6) is 0 Å². The van der Waals surface area contributed by atoms with E-state index >= 15 is 0 Å². The highest BCUT2D eigenvalue weighted by atomic mass is 32.1. The summed E-state index contributed by atoms with van der Waals surface area (Å²) in [5, 5.41) is 8.64. The summed E-state index contributed by atoms with van der Waals surface area (Å²) in [5.41, 5.74) is 1.77. The number of fused-ring (bicyclic) bond motifs is 1. The number of carbonyl (C=O) groups excluding carboxylic acids is 1. The lowest BCUT2D eigenvalue weighted by atomic mass is 10.1. The molecule has 0 radical (unpaired) electrons. The van der Waals surface area contributed by atoms with Crippen LogP contribution in [0.2, 0.25) is 0 Å². The van der Waals surface area contributed by atoms with Crippen molar-refractivity contribution in [2.45, 2.75) is 51.7 Å². The van der Waals surface area contributed by atoms with Gasteiger partial charge in [-0.05, 0) is 63.2 Å². The van der Waals surface area contributed by atoms with Gasteiger partial charge in [0.1, 0.15) is 0 Å². The Bertz CT molecular complexity index is 1090. The van der Waals surface area contributed by atoms with E-state index in [0.717, 1.165) is 17.6 Å². The summed E-state index contributed by atoms with van der Waals surface area (Å²) in [6.45, 7) is 5.97. The molecule has 3 aromatic heterocycles. The van der Waals surface area contributed by atoms with Crippen LogP contribution in [0.25, 0.3) is 5.78 Å². The number of rotatable bonds is 7. The summed E-state index contributed by atoms with van der Waals surface area (Å²) in [5.74, 6) is -1.41. The molecule has 1 fully saturated rings. The number of carbonyl (C=O) groups is 1. The van der Waals surface area contributed by atoms with E-state index in [2.05, 4.69) is 31.3 Å². The zero-order valence-corrected chi connectivity index (χ0v) is 18.8. The summed E-state index contributed by atoms with van der Waals surface area (Å²) in [6, 6.07) is 4.29. The van der Waals surface area contributed by atoms with Crippen molar-refractivity contribution < 1.29 is 18.0 Å². The summed E-state index contributed by atoms with van der Waals surface area (Å²) >= 11 is 1.69. The Morgan fingerprint density at radius 2 is 2.00 bits per heavy atom. The van der Waals surface area contributed by atoms with Gasteiger partial charge in [-0.3, -0.25) is 9.69 Å². The van der Waals surface area contributed by atoms with Gasteiger partial charge in [0, 0.05) is 29.2 Å². The largest absolute Gasteiger partial charge is 0.453 e. The van der Waals surface area contributed by atoms with Crippen LogP contribution in [0, 0.1) is 13.8 Å². The lowest BCUT2D eigenvalue weighted by Gasteiger charge is -2.27. The van der Waals surface area contributed by atoms with Crippen molar-refractivity contribution in [2.24, 2.45) is 0 Å². The first-order valence-corrected chi connectivity index (χ1v) is 11.5. The molecule has 0 bridgehead atoms. The predicted molar refractivity (Wildman–Crippen MR) is 114 cm³/mol. The van der Waals surface area contributed by atoms with Gasteiger partial charge in [-0.2, -0.15) is 18.2 Å². The highest BCUT2D eigenvalue weighted by Gasteiger charge is 2.37. The van der Waals surface area contributed by atoms with E-state index in [0.29, 0.717) is 29.9 Å². The van der Waals surface area contributed by atoms with Gasteiger partial charge in [0.15, 0.2) is 0 Å². The van der Waals surface area contributed by atoms with E-state index in [1.54, 1.807) is 25.2 Å². The number of halogens is 3. The molecule has 1 aliphatic rings. The highest BCUT2D eigenvalue weighted by molar-refractivity contribution is 7.10. The smallest absolute Gasteiger partial charge is 0.354 e. The van der Waals surface area contributed by atoms with E-state index in [9.17, 15) is 18.0 Å². The summed E-state index contributed by atoms with van der Waals surface area (Å²) < 4.78 is 40.0. The van der Waals surface area contributed by atoms with Crippen LogP contribution in [0.15, 0.2) is 17.5 Å². The number of nitrogens with one attached hydrogen (secondary N) is 1. The van der Waals surface area contributed by atoms with Gasteiger partial charge in [0.2, 0.25) is 5.91 Å². The Morgan fingerprint density at radius 1 is 1.25 bits per heavy atom. The fraction of sp³-hybridized carbons (Fsp3) is 0.524. The number of alkyl halides is 3. The van der Waals surface area contributed by atoms with Crippen molar-refractivity contribution in [1.82, 2.24) is 29.8 Å². The van der Waals surface area contributed by atoms with E-state index in [4.69, 9.17) is 0 Å². The molecule has 0 aliphatic carbocycles. The topological polar surface area (TPSA) is 75.4 Å². The molecule has 1 aliphatic heterocycles. The third kappa shape index (κ3) is 4.78. The van der Waals surface area contributed by atoms with Gasteiger partial charge < -0.3 is 5.32 Å². The molecule has 11 heteroatoms. The van der Waals surface area contributed by atoms with Crippen LogP contribution in [-0.4, -0.2) is 50.0 Å². The number of nitrogens with zero attached hydrogens (tertiary/aromatic N) is 5. The molecule has 1 amide bonds. The molecule has 1 atom stereocenters. The number of hydrogen-bond acceptors (Lipinski definition) is 6. The maximum absolute atomic E-state index is 13.0. The second-order valence-corrected chi connectivity index (χ2v) is 8.96. The van der Waals surface area contributed by atoms with Gasteiger partial charge in [-0.1, -0.05) is 6.07 Å². The van der Waals surface area contributed by atoms with Gasteiger partial charge in [-0.25, -0.2) is 9.50 Å². The minimum atomic E-state index is -4.64. The molecule has 4 heterocycles. The van der Waals surface area contributed by atoms with Gasteiger partial charge in [-0.15, -0.1) is 16.4 Å². The summed E-state index contributed by atoms with van der Waals surface area (Å²) in [7, 11) is 0. The molecule has 0 saturated carbocycles. The molecule has 7 nitrogen and oxygen atoms in total. The van der Waals surface area contributed by atoms with Gasteiger partial charge in [0.05, 0.1) is 6.04 Å². The maximum Gasteiger partial charge on any atom is 0.453 e. The third-order valence-corrected chi connectivity index (χ3v) is 6.82. The molecule has 32 heavy (non-hydrogen) atoms. The van der Waals surface area contributed by atoms with Crippen LogP contribution in [0.4, 0.5) is 13.2 Å². The first kappa shape index (κ1) is 22.7. The van der Waals surface area contributed by atoms with Crippen LogP contribution in [-0.2, 0) is 17.4 Å². The zero-order chi connectivity index (χ0) is 22.9. The minimum absolute atomic E-state index is 0.0927. The molecule has 0 spiro atoms. The van der Waals surface area contributed by atoms with Crippen molar-refractivity contribution in [3.05, 3.63) is 45.2 Å². The number of amides is 1. The number of thiophene rings is 1. The van der Waals surface area contributed by atoms with Crippen molar-refractivity contribution in [3.63, 3.8) is 0 Å². The standard InChI is InChI=1S/C21H25F3N6OS/c1-13-15(14(2)30-20(26-13)27-19(28-30)21(22,23)24)7-8-18(31)25-12-16(17-6-5-11-32-17)29-9-3-4-10-29/h5-6,11,16H,3-4,7-10,12H2,1-2H3,(H,25,31). The fourth-order valence-corrected chi connectivity index (χ4v) is 5.03. The summed E-state index contributed by atoms with van der Waals surface area (Å²) in [4.78, 5) is 23.9. The van der Waals surface area contributed by atoms with Crippen LogP contribution >= 0.6 is 11.3 Å². The van der Waals surface area contributed by atoms with E-state index in [1.807, 2.05) is 11.4 Å². The van der Waals surface area contributed by atoms with E-state index in [1.165, 1.54) is 17.7 Å². The lowest BCUT2D eigenvalue weighted by Crippen LogP contribution is -2.36. The van der Waals surface area contributed by atoms with Crippen LogP contribution < -0.4 is 5.32 Å². The average molecular weight is 467 g/mol. The Balaban J connectivity index is 1.42. The summed E-state index contributed by atoms with van der Waals surface area (Å²) in [6.07, 6.45) is -1.72. The number of hydrogen-bond donors (Lipinski definition) is 1. The molecule has 172 valence electrons. The van der Waals surface area contributed by atoms with Crippen molar-refractivity contribution >= 4 is 23.0 Å². The molecular weight excluding hydrogens is 441 g/mol. The Kier molecular flexibility index (Phi) is 6.47. The average Bonchev–Trinajstić information content (AvgIpc) is 3.49. The Labute approximate surface area is 187 Å². The molecule has 3 aromatic rings. The van der Waals surface area contributed by atoms with Gasteiger partial charge in [0.25, 0.3) is 11.6 Å². The second kappa shape index (κ2) is 9.14. The van der Waals surface area contributed by atoms with Crippen molar-refractivity contribution in [3.8, 4) is 0 Å². The van der Waals surface area contributed by atoms with Crippen LogP contribution in [0.1, 0.15) is 53.0 Å². The highest BCUT2D eigenvalue weighted by Crippen LogP contribution is 2.28. The number of likely N-dealkylation sites (tertiary alicyclic amines) is 1. The first-order chi connectivity index (χ1) is 15.2. The fourth-order valence-electron chi connectivity index (χ4n) is 4.17. The Morgan fingerprint density at radius 3 is 2.66 bits per heavy atom. The molecule has 4 rings (SSSR count). The number of aryl methyl sites for hydroxylation is 2. The molecule has 1 saturated heterocycles. The molecule has 1 unspecified atom stereocenters. The minimum Gasteiger partial charge on any atom is -0.354 e. The third-order valence-electron chi connectivity index (χ3n) is 5.85. The first-order valence-electron chi connectivity index (χ1n) is 10.6. The van der Waals surface area contributed by atoms with Crippen molar-refractivity contribution in [2.75, 3.05) is 19.6 Å². The quantitative estimate of drug-likeness (QED) is 0.575. The van der Waals surface area contributed by atoms with Gasteiger partial charge >= 0.3 is 6.18 Å². The lowest BCUT2D eigenvalue weighted by molar-refractivity contribution is -0.144. The molecule has 0 aromatic carbocycles.